The molecule has 1 unspecified atom stereocenters. The number of carbonyl (C=O) groups is 1. The van der Waals surface area contributed by atoms with Crippen LogP contribution in [0.5, 0.6) is 5.75 Å². The molecule has 0 aromatic heterocycles. The summed E-state index contributed by atoms with van der Waals surface area (Å²) in [5, 5.41) is 3.07. The van der Waals surface area contributed by atoms with E-state index in [4.69, 9.17) is 4.74 Å². The monoisotopic (exact) mass is 416 g/mol. The number of ketones is 1. The van der Waals surface area contributed by atoms with E-state index in [1.165, 1.54) is 10.4 Å². The maximum atomic E-state index is 13.0. The summed E-state index contributed by atoms with van der Waals surface area (Å²) in [7, 11) is -3.58. The molecule has 6 nitrogen and oxygen atoms in total. The van der Waals surface area contributed by atoms with Gasteiger partial charge in [0.2, 0.25) is 10.0 Å². The minimum atomic E-state index is -3.58. The highest BCUT2D eigenvalue weighted by Gasteiger charge is 2.29. The first kappa shape index (κ1) is 21.3. The predicted octanol–water partition coefficient (Wildman–Crippen LogP) is 3.80. The zero-order valence-electron chi connectivity index (χ0n) is 16.9. The number of piperidine rings is 1. The van der Waals surface area contributed by atoms with Gasteiger partial charge in [0.1, 0.15) is 5.75 Å². The van der Waals surface area contributed by atoms with Crippen molar-refractivity contribution in [2.75, 3.05) is 31.6 Å². The summed E-state index contributed by atoms with van der Waals surface area (Å²) < 4.78 is 32.9. The first-order chi connectivity index (χ1) is 13.9. The van der Waals surface area contributed by atoms with Gasteiger partial charge in [-0.2, -0.15) is 4.31 Å². The van der Waals surface area contributed by atoms with E-state index in [-0.39, 0.29) is 17.2 Å². The Bertz CT molecular complexity index is 942. The Labute approximate surface area is 172 Å². The van der Waals surface area contributed by atoms with E-state index in [2.05, 4.69) is 12.2 Å². The number of Topliss-reactive ketones (excluding diaryl/α,β-unsaturated/α-hetero) is 1. The average molecular weight is 417 g/mol. The fourth-order valence-corrected chi connectivity index (χ4v) is 5.11. The fourth-order valence-electron chi connectivity index (χ4n) is 3.46. The van der Waals surface area contributed by atoms with Crippen molar-refractivity contribution >= 4 is 21.5 Å². The quantitative estimate of drug-likeness (QED) is 0.663. The van der Waals surface area contributed by atoms with Gasteiger partial charge >= 0.3 is 0 Å². The highest BCUT2D eigenvalue weighted by atomic mass is 32.2. The second kappa shape index (κ2) is 9.41. The van der Waals surface area contributed by atoms with Crippen LogP contribution in [0.15, 0.2) is 53.4 Å². The lowest BCUT2D eigenvalue weighted by Gasteiger charge is -2.30. The van der Waals surface area contributed by atoms with Crippen LogP contribution in [0.1, 0.15) is 37.0 Å². The number of sulfonamides is 1. The molecular weight excluding hydrogens is 388 g/mol. The second-order valence-electron chi connectivity index (χ2n) is 7.37. The Morgan fingerprint density at radius 1 is 1.21 bits per heavy atom. The normalized spacial score (nSPS) is 17.7. The molecule has 1 aliphatic rings. The molecular formula is C22H28N2O4S. The lowest BCUT2D eigenvalue weighted by atomic mass is 10.0. The Hall–Kier alpha value is -2.38. The van der Waals surface area contributed by atoms with E-state index in [1.807, 2.05) is 31.2 Å². The van der Waals surface area contributed by atoms with Crippen molar-refractivity contribution in [1.29, 1.82) is 0 Å². The number of rotatable bonds is 8. The Morgan fingerprint density at radius 3 is 2.66 bits per heavy atom. The van der Waals surface area contributed by atoms with Crippen LogP contribution in [0, 0.1) is 5.92 Å². The highest BCUT2D eigenvalue weighted by Crippen LogP contribution is 2.24. The smallest absolute Gasteiger partial charge is 0.243 e. The molecule has 0 radical (unpaired) electrons. The van der Waals surface area contributed by atoms with Crippen molar-refractivity contribution in [2.45, 2.75) is 31.6 Å². The summed E-state index contributed by atoms with van der Waals surface area (Å²) in [5.74, 6) is 0.957. The van der Waals surface area contributed by atoms with Crippen molar-refractivity contribution < 1.29 is 17.9 Å². The molecule has 156 valence electrons. The summed E-state index contributed by atoms with van der Waals surface area (Å²) in [6.45, 7) is 5.72. The molecule has 1 saturated heterocycles. The molecule has 3 rings (SSSR count). The zero-order valence-corrected chi connectivity index (χ0v) is 17.7. The predicted molar refractivity (Wildman–Crippen MR) is 114 cm³/mol. The molecule has 2 aromatic rings. The fraction of sp³-hybridized carbons (Fsp3) is 0.409. The minimum absolute atomic E-state index is 0.0816. The Morgan fingerprint density at radius 2 is 1.97 bits per heavy atom. The van der Waals surface area contributed by atoms with Crippen LogP contribution < -0.4 is 10.1 Å². The molecule has 0 amide bonds. The third-order valence-electron chi connectivity index (χ3n) is 5.03. The minimum Gasteiger partial charge on any atom is -0.494 e. The van der Waals surface area contributed by atoms with Crippen LogP contribution in [0.25, 0.3) is 0 Å². The molecule has 1 N–H and O–H groups in total. The van der Waals surface area contributed by atoms with Gasteiger partial charge in [0.05, 0.1) is 18.0 Å². The number of carbonyl (C=O) groups excluding carboxylic acids is 1. The van der Waals surface area contributed by atoms with Gasteiger partial charge < -0.3 is 10.1 Å². The van der Waals surface area contributed by atoms with E-state index in [9.17, 15) is 13.2 Å². The van der Waals surface area contributed by atoms with Gasteiger partial charge in [0.15, 0.2) is 5.78 Å². The van der Waals surface area contributed by atoms with Crippen molar-refractivity contribution in [3.63, 3.8) is 0 Å². The molecule has 0 saturated carbocycles. The summed E-state index contributed by atoms with van der Waals surface area (Å²) in [6, 6.07) is 13.7. The van der Waals surface area contributed by atoms with E-state index in [0.717, 1.165) is 24.3 Å². The molecule has 29 heavy (non-hydrogen) atoms. The number of ether oxygens (including phenoxy) is 1. The van der Waals surface area contributed by atoms with Crippen LogP contribution in [0.3, 0.4) is 0 Å². The van der Waals surface area contributed by atoms with Crippen molar-refractivity contribution in [1.82, 2.24) is 4.31 Å². The third-order valence-corrected chi connectivity index (χ3v) is 6.89. The summed E-state index contributed by atoms with van der Waals surface area (Å²) >= 11 is 0. The van der Waals surface area contributed by atoms with Crippen LogP contribution in [-0.4, -0.2) is 44.7 Å². The van der Waals surface area contributed by atoms with E-state index >= 15 is 0 Å². The van der Waals surface area contributed by atoms with Gasteiger partial charge in [0, 0.05) is 24.3 Å². The van der Waals surface area contributed by atoms with Gasteiger partial charge in [-0.25, -0.2) is 8.42 Å². The van der Waals surface area contributed by atoms with Gasteiger partial charge in [-0.1, -0.05) is 19.1 Å². The molecule has 1 atom stereocenters. The lowest BCUT2D eigenvalue weighted by molar-refractivity contribution is 0.101. The first-order valence-electron chi connectivity index (χ1n) is 10.0. The van der Waals surface area contributed by atoms with Crippen molar-refractivity contribution in [3.05, 3.63) is 54.1 Å². The van der Waals surface area contributed by atoms with E-state index in [1.54, 1.807) is 18.2 Å². The van der Waals surface area contributed by atoms with Gasteiger partial charge in [-0.05, 0) is 62.1 Å². The van der Waals surface area contributed by atoms with Crippen molar-refractivity contribution in [3.8, 4) is 5.75 Å². The first-order valence-corrected chi connectivity index (χ1v) is 11.4. The van der Waals surface area contributed by atoms with Gasteiger partial charge in [-0.3, -0.25) is 4.79 Å². The third kappa shape index (κ3) is 5.36. The molecule has 0 bridgehead atoms. The van der Waals surface area contributed by atoms with Crippen LogP contribution in [0.2, 0.25) is 0 Å². The van der Waals surface area contributed by atoms with E-state index in [0.29, 0.717) is 31.2 Å². The topological polar surface area (TPSA) is 75.7 Å². The van der Waals surface area contributed by atoms with Crippen molar-refractivity contribution in [2.24, 2.45) is 5.92 Å². The Balaban J connectivity index is 1.67. The lowest BCUT2D eigenvalue weighted by Crippen LogP contribution is -2.39. The SMILES string of the molecule is CCOc1ccc(NCC(=O)c2cccc(S(=O)(=O)N3CCCC(C)C3)c2)cc1. The van der Waals surface area contributed by atoms with E-state index < -0.39 is 10.0 Å². The number of benzene rings is 2. The molecule has 2 aromatic carbocycles. The molecule has 0 aliphatic carbocycles. The molecule has 1 aliphatic heterocycles. The number of nitrogens with zero attached hydrogens (tertiary/aromatic N) is 1. The van der Waals surface area contributed by atoms with Gasteiger partial charge in [-0.15, -0.1) is 0 Å². The number of hydrogen-bond acceptors (Lipinski definition) is 5. The average Bonchev–Trinajstić information content (AvgIpc) is 2.73. The number of nitrogens with one attached hydrogen (secondary N) is 1. The molecule has 1 heterocycles. The second-order valence-corrected chi connectivity index (χ2v) is 9.31. The number of anilines is 1. The van der Waals surface area contributed by atoms with Gasteiger partial charge in [0.25, 0.3) is 0 Å². The largest absolute Gasteiger partial charge is 0.494 e. The van der Waals surface area contributed by atoms with Crippen LogP contribution in [0.4, 0.5) is 5.69 Å². The maximum Gasteiger partial charge on any atom is 0.243 e. The summed E-state index contributed by atoms with van der Waals surface area (Å²) in [4.78, 5) is 12.8. The summed E-state index contributed by atoms with van der Waals surface area (Å²) in [5.41, 5.74) is 1.18. The molecule has 7 heteroatoms. The molecule has 0 spiro atoms. The highest BCUT2D eigenvalue weighted by molar-refractivity contribution is 7.89. The summed E-state index contributed by atoms with van der Waals surface area (Å²) in [6.07, 6.45) is 1.91. The standard InChI is InChI=1S/C22H28N2O4S/c1-3-28-20-11-9-19(10-12-20)23-15-22(25)18-7-4-8-21(14-18)29(26,27)24-13-5-6-17(2)16-24/h4,7-12,14,17,23H,3,5-6,13,15-16H2,1-2H3. The Kier molecular flexibility index (Phi) is 6.92. The molecule has 1 fully saturated rings. The maximum absolute atomic E-state index is 13.0. The zero-order chi connectivity index (χ0) is 20.9. The number of hydrogen-bond donors (Lipinski definition) is 1. The van der Waals surface area contributed by atoms with Crippen LogP contribution >= 0.6 is 0 Å². The van der Waals surface area contributed by atoms with Crippen LogP contribution in [-0.2, 0) is 10.0 Å².